The highest BCUT2D eigenvalue weighted by molar-refractivity contribution is 5.91. The molecule has 0 radical (unpaired) electrons. The molecule has 0 aromatic heterocycles. The van der Waals surface area contributed by atoms with Gasteiger partial charge in [-0.3, -0.25) is 9.59 Å². The number of hydrogen-bond acceptors (Lipinski definition) is 4. The molecule has 0 atom stereocenters. The van der Waals surface area contributed by atoms with Crippen LogP contribution in [-0.2, 0) is 14.3 Å². The van der Waals surface area contributed by atoms with Crippen molar-refractivity contribution >= 4 is 17.6 Å². The average Bonchev–Trinajstić information content (AvgIpc) is 2.95. The summed E-state index contributed by atoms with van der Waals surface area (Å²) in [5.41, 5.74) is 0.646. The maximum Gasteiger partial charge on any atom is 0.314 e. The molecular formula is C15H19NO4. The molecule has 1 aromatic rings. The summed E-state index contributed by atoms with van der Waals surface area (Å²) in [7, 11) is 1.46. The number of methoxy groups -OCH3 is 1. The number of ether oxygens (including phenoxy) is 2. The van der Waals surface area contributed by atoms with Gasteiger partial charge in [0.25, 0.3) is 0 Å². The average molecular weight is 277 g/mol. The number of nitrogens with one attached hydrogen (secondary N) is 1. The topological polar surface area (TPSA) is 64.6 Å². The quantitative estimate of drug-likeness (QED) is 0.663. The van der Waals surface area contributed by atoms with Crippen LogP contribution in [-0.4, -0.2) is 25.6 Å². The summed E-state index contributed by atoms with van der Waals surface area (Å²) in [4.78, 5) is 23.2. The van der Waals surface area contributed by atoms with Crippen molar-refractivity contribution in [3.05, 3.63) is 24.3 Å². The molecule has 0 spiro atoms. The third-order valence-corrected chi connectivity index (χ3v) is 3.32. The van der Waals surface area contributed by atoms with Gasteiger partial charge in [0.2, 0.25) is 5.91 Å². The van der Waals surface area contributed by atoms with Crippen LogP contribution in [0.25, 0.3) is 0 Å². The molecule has 0 bridgehead atoms. The Morgan fingerprint density at radius 3 is 2.45 bits per heavy atom. The second kappa shape index (κ2) is 7.05. The van der Waals surface area contributed by atoms with Crippen LogP contribution in [0.3, 0.4) is 0 Å². The summed E-state index contributed by atoms with van der Waals surface area (Å²) in [6, 6.07) is 6.75. The molecule has 1 N–H and O–H groups in total. The minimum absolute atomic E-state index is 0.0123. The Morgan fingerprint density at radius 2 is 1.85 bits per heavy atom. The number of amides is 1. The fourth-order valence-electron chi connectivity index (χ4n) is 2.30. The number of esters is 1. The maximum absolute atomic E-state index is 11.9. The van der Waals surface area contributed by atoms with Gasteiger partial charge in [0.05, 0.1) is 5.92 Å². The standard InChI is InChI=1S/C15H19NO4/c1-19-10-14(17)16-12-6-8-13(9-7-12)20-15(18)11-4-2-3-5-11/h6-9,11H,2-5,10H2,1H3,(H,16,17). The first-order chi connectivity index (χ1) is 9.69. The van der Waals surface area contributed by atoms with E-state index in [4.69, 9.17) is 9.47 Å². The van der Waals surface area contributed by atoms with Crippen LogP contribution in [0.15, 0.2) is 24.3 Å². The highest BCUT2D eigenvalue weighted by Gasteiger charge is 2.24. The van der Waals surface area contributed by atoms with E-state index in [-0.39, 0.29) is 24.4 Å². The van der Waals surface area contributed by atoms with Crippen molar-refractivity contribution in [3.63, 3.8) is 0 Å². The fourth-order valence-corrected chi connectivity index (χ4v) is 2.30. The maximum atomic E-state index is 11.9. The van der Waals surface area contributed by atoms with Crippen LogP contribution in [0.2, 0.25) is 0 Å². The van der Waals surface area contributed by atoms with Crippen LogP contribution in [0.1, 0.15) is 25.7 Å². The van der Waals surface area contributed by atoms with Crippen molar-refractivity contribution in [2.24, 2.45) is 5.92 Å². The summed E-state index contributed by atoms with van der Waals surface area (Å²) in [5.74, 6) is 0.171. The monoisotopic (exact) mass is 277 g/mol. The van der Waals surface area contributed by atoms with E-state index >= 15 is 0 Å². The van der Waals surface area contributed by atoms with Gasteiger partial charge in [-0.05, 0) is 37.1 Å². The lowest BCUT2D eigenvalue weighted by Crippen LogP contribution is -2.18. The molecule has 0 saturated heterocycles. The van der Waals surface area contributed by atoms with Crippen molar-refractivity contribution in [2.75, 3.05) is 19.0 Å². The van der Waals surface area contributed by atoms with E-state index in [1.807, 2.05) is 0 Å². The third-order valence-electron chi connectivity index (χ3n) is 3.32. The number of anilines is 1. The zero-order chi connectivity index (χ0) is 14.4. The van der Waals surface area contributed by atoms with E-state index in [9.17, 15) is 9.59 Å². The second-order valence-corrected chi connectivity index (χ2v) is 4.91. The van der Waals surface area contributed by atoms with Crippen molar-refractivity contribution in [2.45, 2.75) is 25.7 Å². The Morgan fingerprint density at radius 1 is 1.20 bits per heavy atom. The second-order valence-electron chi connectivity index (χ2n) is 4.91. The first kappa shape index (κ1) is 14.5. The minimum atomic E-state index is -0.219. The molecule has 108 valence electrons. The van der Waals surface area contributed by atoms with Gasteiger partial charge in [-0.15, -0.1) is 0 Å². The number of benzene rings is 1. The van der Waals surface area contributed by atoms with E-state index < -0.39 is 0 Å². The molecule has 1 amide bonds. The van der Waals surface area contributed by atoms with Gasteiger partial charge in [0.1, 0.15) is 12.4 Å². The van der Waals surface area contributed by atoms with Crippen molar-refractivity contribution in [1.29, 1.82) is 0 Å². The Labute approximate surface area is 118 Å². The normalized spacial score (nSPS) is 15.1. The fraction of sp³-hybridized carbons (Fsp3) is 0.467. The van der Waals surface area contributed by atoms with Crippen molar-refractivity contribution in [3.8, 4) is 5.75 Å². The van der Waals surface area contributed by atoms with E-state index in [1.54, 1.807) is 24.3 Å². The number of carbonyl (C=O) groups excluding carboxylic acids is 2. The highest BCUT2D eigenvalue weighted by atomic mass is 16.5. The van der Waals surface area contributed by atoms with E-state index in [0.717, 1.165) is 25.7 Å². The Balaban J connectivity index is 1.87. The molecule has 0 aliphatic heterocycles. The SMILES string of the molecule is COCC(=O)Nc1ccc(OC(=O)C2CCCC2)cc1. The molecule has 0 unspecified atom stereocenters. The number of carbonyl (C=O) groups is 2. The van der Waals surface area contributed by atoms with Crippen LogP contribution in [0, 0.1) is 5.92 Å². The zero-order valence-corrected chi connectivity index (χ0v) is 11.6. The van der Waals surface area contributed by atoms with Gasteiger partial charge >= 0.3 is 5.97 Å². The summed E-state index contributed by atoms with van der Waals surface area (Å²) in [6.07, 6.45) is 4.04. The van der Waals surface area contributed by atoms with Gasteiger partial charge in [-0.1, -0.05) is 12.8 Å². The molecule has 2 rings (SSSR count). The minimum Gasteiger partial charge on any atom is -0.426 e. The third kappa shape index (κ3) is 4.06. The molecule has 20 heavy (non-hydrogen) atoms. The Kier molecular flexibility index (Phi) is 5.12. The van der Waals surface area contributed by atoms with Crippen molar-refractivity contribution < 1.29 is 19.1 Å². The lowest BCUT2D eigenvalue weighted by Gasteiger charge is -2.10. The van der Waals surface area contributed by atoms with Crippen LogP contribution in [0.4, 0.5) is 5.69 Å². The highest BCUT2D eigenvalue weighted by Crippen LogP contribution is 2.27. The lowest BCUT2D eigenvalue weighted by atomic mass is 10.1. The predicted molar refractivity (Wildman–Crippen MR) is 74.5 cm³/mol. The number of rotatable bonds is 5. The van der Waals surface area contributed by atoms with Crippen LogP contribution >= 0.6 is 0 Å². The Bertz CT molecular complexity index is 463. The summed E-state index contributed by atoms with van der Waals surface area (Å²) < 4.78 is 10.1. The summed E-state index contributed by atoms with van der Waals surface area (Å²) in [6.45, 7) is 0.0123. The first-order valence-corrected chi connectivity index (χ1v) is 6.79. The van der Waals surface area contributed by atoms with E-state index in [0.29, 0.717) is 11.4 Å². The van der Waals surface area contributed by atoms with Crippen molar-refractivity contribution in [1.82, 2.24) is 0 Å². The summed E-state index contributed by atoms with van der Waals surface area (Å²) >= 11 is 0. The van der Waals surface area contributed by atoms with Gasteiger partial charge < -0.3 is 14.8 Å². The van der Waals surface area contributed by atoms with Crippen LogP contribution < -0.4 is 10.1 Å². The Hall–Kier alpha value is -1.88. The number of hydrogen-bond donors (Lipinski definition) is 1. The molecule has 5 heteroatoms. The van der Waals surface area contributed by atoms with E-state index in [1.165, 1.54) is 7.11 Å². The molecule has 1 aliphatic carbocycles. The van der Waals surface area contributed by atoms with E-state index in [2.05, 4.69) is 5.32 Å². The van der Waals surface area contributed by atoms with Crippen LogP contribution in [0.5, 0.6) is 5.75 Å². The molecular weight excluding hydrogens is 258 g/mol. The molecule has 1 aliphatic rings. The molecule has 1 aromatic carbocycles. The molecule has 0 heterocycles. The molecule has 1 fully saturated rings. The van der Waals surface area contributed by atoms with Gasteiger partial charge in [0, 0.05) is 12.8 Å². The summed E-state index contributed by atoms with van der Waals surface area (Å²) in [5, 5.41) is 2.67. The smallest absolute Gasteiger partial charge is 0.314 e. The predicted octanol–water partition coefficient (Wildman–Crippen LogP) is 2.37. The van der Waals surface area contributed by atoms with Gasteiger partial charge in [-0.2, -0.15) is 0 Å². The lowest BCUT2D eigenvalue weighted by molar-refractivity contribution is -0.138. The molecule has 5 nitrogen and oxygen atoms in total. The zero-order valence-electron chi connectivity index (χ0n) is 11.6. The van der Waals surface area contributed by atoms with Gasteiger partial charge in [0.15, 0.2) is 0 Å². The largest absolute Gasteiger partial charge is 0.426 e. The van der Waals surface area contributed by atoms with Gasteiger partial charge in [-0.25, -0.2) is 0 Å². The molecule has 1 saturated carbocycles. The first-order valence-electron chi connectivity index (χ1n) is 6.79.